The fourth-order valence-electron chi connectivity index (χ4n) is 1.64. The van der Waals surface area contributed by atoms with Crippen LogP contribution in [0.2, 0.25) is 5.02 Å². The van der Waals surface area contributed by atoms with Crippen LogP contribution in [-0.4, -0.2) is 29.1 Å². The molecule has 0 bridgehead atoms. The Morgan fingerprint density at radius 1 is 1.29 bits per heavy atom. The number of carbonyl (C=O) groups excluding carboxylic acids is 2. The molecule has 1 rings (SSSR count). The first-order valence-electron chi connectivity index (χ1n) is 6.12. The number of nitrogens with one attached hydrogen (secondary N) is 2. The van der Waals surface area contributed by atoms with Gasteiger partial charge in [0.2, 0.25) is 5.91 Å². The molecule has 0 saturated heterocycles. The molecule has 1 atom stereocenters. The normalized spacial score (nSPS) is 11.8. The lowest BCUT2D eigenvalue weighted by molar-refractivity contribution is -0.120. The van der Waals surface area contributed by atoms with Gasteiger partial charge in [0.1, 0.15) is 6.04 Å². The van der Waals surface area contributed by atoms with Crippen LogP contribution in [0.25, 0.3) is 0 Å². The molecular weight excluding hydrogens is 298 g/mol. The molecule has 0 spiro atoms. The van der Waals surface area contributed by atoms with Crippen molar-refractivity contribution in [1.29, 1.82) is 0 Å². The van der Waals surface area contributed by atoms with Gasteiger partial charge in [-0.25, -0.2) is 9.59 Å². The number of anilines is 1. The summed E-state index contributed by atoms with van der Waals surface area (Å²) in [7, 11) is 0. The molecule has 0 aromatic heterocycles. The zero-order chi connectivity index (χ0) is 16.2. The summed E-state index contributed by atoms with van der Waals surface area (Å²) >= 11 is 5.72. The first kappa shape index (κ1) is 16.8. The van der Waals surface area contributed by atoms with Crippen molar-refractivity contribution in [2.75, 3.05) is 5.32 Å². The molecule has 0 aliphatic carbocycles. The molecule has 0 aliphatic rings. The molecule has 0 fully saturated rings. The number of urea groups is 1. The molecule has 0 saturated carbocycles. The number of hydrogen-bond acceptors (Lipinski definition) is 3. The molecule has 114 valence electrons. The van der Waals surface area contributed by atoms with Crippen molar-refractivity contribution in [1.82, 2.24) is 5.32 Å². The Labute approximate surface area is 126 Å². The lowest BCUT2D eigenvalue weighted by atomic mass is 10.0. The van der Waals surface area contributed by atoms with Crippen LogP contribution in [0.4, 0.5) is 10.5 Å². The fraction of sp³-hybridized carbons (Fsp3) is 0.308. The van der Waals surface area contributed by atoms with Crippen LogP contribution >= 0.6 is 11.6 Å². The molecule has 1 aromatic rings. The van der Waals surface area contributed by atoms with Gasteiger partial charge in [0.15, 0.2) is 0 Å². The smallest absolute Gasteiger partial charge is 0.337 e. The summed E-state index contributed by atoms with van der Waals surface area (Å²) in [6.45, 7) is 3.47. The van der Waals surface area contributed by atoms with Gasteiger partial charge in [0, 0.05) is 5.69 Å². The van der Waals surface area contributed by atoms with E-state index >= 15 is 0 Å². The highest BCUT2D eigenvalue weighted by Crippen LogP contribution is 2.20. The van der Waals surface area contributed by atoms with Crippen molar-refractivity contribution < 1.29 is 19.5 Å². The minimum absolute atomic E-state index is 0.0608. The number of hydrogen-bond donors (Lipinski definition) is 4. The van der Waals surface area contributed by atoms with Gasteiger partial charge < -0.3 is 21.5 Å². The summed E-state index contributed by atoms with van der Waals surface area (Å²) in [5.74, 6) is -2.03. The number of carboxylic acids is 1. The van der Waals surface area contributed by atoms with Gasteiger partial charge in [-0.2, -0.15) is 0 Å². The Morgan fingerprint density at radius 2 is 1.90 bits per heavy atom. The third-order valence-electron chi connectivity index (χ3n) is 2.71. The Kier molecular flexibility index (Phi) is 5.54. The summed E-state index contributed by atoms with van der Waals surface area (Å²) in [4.78, 5) is 33.9. The van der Waals surface area contributed by atoms with Gasteiger partial charge in [0.25, 0.3) is 0 Å². The molecule has 0 radical (unpaired) electrons. The number of rotatable bonds is 5. The lowest BCUT2D eigenvalue weighted by Gasteiger charge is -2.19. The number of benzene rings is 1. The van der Waals surface area contributed by atoms with Crippen molar-refractivity contribution in [2.45, 2.75) is 19.9 Å². The van der Waals surface area contributed by atoms with E-state index in [9.17, 15) is 14.4 Å². The molecule has 3 amide bonds. The van der Waals surface area contributed by atoms with E-state index in [1.807, 2.05) is 0 Å². The highest BCUT2D eigenvalue weighted by Gasteiger charge is 2.21. The van der Waals surface area contributed by atoms with Crippen LogP contribution in [0.3, 0.4) is 0 Å². The number of halogens is 1. The maximum atomic E-state index is 11.8. The quantitative estimate of drug-likeness (QED) is 0.660. The standard InChI is InChI=1S/C13H16ClN3O4/c1-6(2)10(11(15)18)17-13(21)16-7-3-4-9(14)8(5-7)12(19)20/h3-6,10H,1-2H3,(H2,15,18)(H,19,20)(H2,16,17,21). The van der Waals surface area contributed by atoms with E-state index in [0.717, 1.165) is 0 Å². The Hall–Kier alpha value is -2.28. The summed E-state index contributed by atoms with van der Waals surface area (Å²) in [5.41, 5.74) is 5.29. The second-order valence-corrected chi connectivity index (χ2v) is 5.13. The summed E-state index contributed by atoms with van der Waals surface area (Å²) < 4.78 is 0. The van der Waals surface area contributed by atoms with Crippen molar-refractivity contribution in [3.8, 4) is 0 Å². The van der Waals surface area contributed by atoms with Gasteiger partial charge in [0.05, 0.1) is 10.6 Å². The van der Waals surface area contributed by atoms with Crippen molar-refractivity contribution in [2.24, 2.45) is 11.7 Å². The number of aromatic carboxylic acids is 1. The zero-order valence-electron chi connectivity index (χ0n) is 11.5. The predicted molar refractivity (Wildman–Crippen MR) is 78.4 cm³/mol. The summed E-state index contributed by atoms with van der Waals surface area (Å²) in [6.07, 6.45) is 0. The van der Waals surface area contributed by atoms with Crippen LogP contribution in [-0.2, 0) is 4.79 Å². The number of amides is 3. The largest absolute Gasteiger partial charge is 0.478 e. The molecule has 1 unspecified atom stereocenters. The van der Waals surface area contributed by atoms with Gasteiger partial charge in [-0.05, 0) is 24.1 Å². The minimum Gasteiger partial charge on any atom is -0.478 e. The highest BCUT2D eigenvalue weighted by molar-refractivity contribution is 6.33. The predicted octanol–water partition coefficient (Wildman–Crippen LogP) is 1.67. The Morgan fingerprint density at radius 3 is 2.38 bits per heavy atom. The Bertz CT molecular complexity index is 575. The molecule has 0 aliphatic heterocycles. The van der Waals surface area contributed by atoms with Crippen LogP contribution in [0.1, 0.15) is 24.2 Å². The second kappa shape index (κ2) is 6.94. The maximum absolute atomic E-state index is 11.8. The van der Waals surface area contributed by atoms with Crippen molar-refractivity contribution in [3.05, 3.63) is 28.8 Å². The van der Waals surface area contributed by atoms with Crippen LogP contribution in [0.5, 0.6) is 0 Å². The summed E-state index contributed by atoms with van der Waals surface area (Å²) in [5, 5.41) is 13.8. The number of carbonyl (C=O) groups is 3. The average molecular weight is 314 g/mol. The van der Waals surface area contributed by atoms with Gasteiger partial charge in [-0.15, -0.1) is 0 Å². The van der Waals surface area contributed by atoms with Crippen molar-refractivity contribution >= 4 is 35.2 Å². The first-order valence-corrected chi connectivity index (χ1v) is 6.50. The van der Waals surface area contributed by atoms with Crippen LogP contribution in [0, 0.1) is 5.92 Å². The maximum Gasteiger partial charge on any atom is 0.337 e. The second-order valence-electron chi connectivity index (χ2n) is 4.72. The monoisotopic (exact) mass is 313 g/mol. The molecular formula is C13H16ClN3O4. The van der Waals surface area contributed by atoms with Gasteiger partial charge in [-0.3, -0.25) is 4.79 Å². The van der Waals surface area contributed by atoms with Gasteiger partial charge >= 0.3 is 12.0 Å². The summed E-state index contributed by atoms with van der Waals surface area (Å²) in [6, 6.07) is 2.54. The molecule has 5 N–H and O–H groups in total. The number of primary amides is 1. The molecule has 1 aromatic carbocycles. The Balaban J connectivity index is 2.82. The molecule has 7 nitrogen and oxygen atoms in total. The highest BCUT2D eigenvalue weighted by atomic mass is 35.5. The molecule has 8 heteroatoms. The van der Waals surface area contributed by atoms with E-state index in [1.54, 1.807) is 13.8 Å². The zero-order valence-corrected chi connectivity index (χ0v) is 12.3. The van der Waals surface area contributed by atoms with E-state index in [2.05, 4.69) is 10.6 Å². The SMILES string of the molecule is CC(C)C(NC(=O)Nc1ccc(Cl)c(C(=O)O)c1)C(N)=O. The van der Waals surface area contributed by atoms with E-state index in [0.29, 0.717) is 0 Å². The minimum atomic E-state index is -1.21. The average Bonchev–Trinajstić information content (AvgIpc) is 2.37. The molecule has 21 heavy (non-hydrogen) atoms. The van der Waals surface area contributed by atoms with E-state index in [-0.39, 0.29) is 22.2 Å². The number of nitrogens with two attached hydrogens (primary N) is 1. The topological polar surface area (TPSA) is 122 Å². The lowest BCUT2D eigenvalue weighted by Crippen LogP contribution is -2.49. The van der Waals surface area contributed by atoms with E-state index in [1.165, 1.54) is 18.2 Å². The first-order chi connectivity index (χ1) is 9.72. The third kappa shape index (κ3) is 4.64. The van der Waals surface area contributed by atoms with Crippen LogP contribution < -0.4 is 16.4 Å². The van der Waals surface area contributed by atoms with Crippen molar-refractivity contribution in [3.63, 3.8) is 0 Å². The number of carboxylic acid groups (broad SMARTS) is 1. The van der Waals surface area contributed by atoms with Crippen LogP contribution in [0.15, 0.2) is 18.2 Å². The van der Waals surface area contributed by atoms with E-state index < -0.39 is 23.9 Å². The molecule has 0 heterocycles. The van der Waals surface area contributed by atoms with E-state index in [4.69, 9.17) is 22.4 Å². The fourth-order valence-corrected chi connectivity index (χ4v) is 1.84. The van der Waals surface area contributed by atoms with Gasteiger partial charge in [-0.1, -0.05) is 25.4 Å². The third-order valence-corrected chi connectivity index (χ3v) is 3.04.